The van der Waals surface area contributed by atoms with Gasteiger partial charge in [-0.1, -0.05) is 37.5 Å². The molecule has 0 aliphatic heterocycles. The van der Waals surface area contributed by atoms with E-state index in [9.17, 15) is 5.11 Å². The third-order valence-electron chi connectivity index (χ3n) is 3.49. The predicted molar refractivity (Wildman–Crippen MR) is 76.5 cm³/mol. The second-order valence-electron chi connectivity index (χ2n) is 4.93. The summed E-state index contributed by atoms with van der Waals surface area (Å²) in [5, 5.41) is 9.50. The van der Waals surface area contributed by atoms with Crippen LogP contribution < -0.4 is 4.74 Å². The van der Waals surface area contributed by atoms with E-state index >= 15 is 0 Å². The van der Waals surface area contributed by atoms with Gasteiger partial charge in [0.1, 0.15) is 0 Å². The number of aromatic hydroxyl groups is 1. The summed E-state index contributed by atoms with van der Waals surface area (Å²) in [6, 6.07) is 5.31. The van der Waals surface area contributed by atoms with Crippen LogP contribution in [0.4, 0.5) is 0 Å². The fourth-order valence-electron chi connectivity index (χ4n) is 2.41. The van der Waals surface area contributed by atoms with Gasteiger partial charge in [-0.15, -0.1) is 0 Å². The molecule has 1 fully saturated rings. The van der Waals surface area contributed by atoms with Crippen molar-refractivity contribution in [3.8, 4) is 11.5 Å². The van der Waals surface area contributed by atoms with Crippen LogP contribution >= 0.6 is 0 Å². The third-order valence-corrected chi connectivity index (χ3v) is 3.49. The topological polar surface area (TPSA) is 38.7 Å². The van der Waals surface area contributed by atoms with Crippen molar-refractivity contribution < 1.29 is 14.6 Å². The zero-order valence-corrected chi connectivity index (χ0v) is 11.5. The van der Waals surface area contributed by atoms with Crippen LogP contribution in [0.15, 0.2) is 24.3 Å². The number of phenolic OH excluding ortho intramolecular Hbond substituents is 1. The van der Waals surface area contributed by atoms with Gasteiger partial charge in [0.25, 0.3) is 0 Å². The van der Waals surface area contributed by atoms with Crippen LogP contribution in [-0.2, 0) is 4.74 Å². The Balaban J connectivity index is 1.81. The number of rotatable bonds is 5. The monoisotopic (exact) mass is 262 g/mol. The van der Waals surface area contributed by atoms with Crippen molar-refractivity contribution >= 4 is 6.08 Å². The molecule has 0 unspecified atom stereocenters. The molecule has 1 aliphatic carbocycles. The Hall–Kier alpha value is -1.48. The Morgan fingerprint density at radius 3 is 2.79 bits per heavy atom. The van der Waals surface area contributed by atoms with E-state index in [-0.39, 0.29) is 5.75 Å². The lowest BCUT2D eigenvalue weighted by Crippen LogP contribution is -2.16. The van der Waals surface area contributed by atoms with Gasteiger partial charge >= 0.3 is 0 Å². The molecule has 1 aromatic carbocycles. The van der Waals surface area contributed by atoms with Crippen LogP contribution in [-0.4, -0.2) is 24.9 Å². The molecule has 0 spiro atoms. The maximum absolute atomic E-state index is 9.50. The van der Waals surface area contributed by atoms with Crippen LogP contribution in [0.1, 0.15) is 37.7 Å². The zero-order valence-electron chi connectivity index (χ0n) is 11.5. The second-order valence-corrected chi connectivity index (χ2v) is 4.93. The van der Waals surface area contributed by atoms with Crippen LogP contribution in [0.25, 0.3) is 6.08 Å². The molecule has 104 valence electrons. The average Bonchev–Trinajstić information content (AvgIpc) is 2.46. The molecular formula is C16H22O3. The molecular weight excluding hydrogens is 240 g/mol. The Morgan fingerprint density at radius 1 is 1.26 bits per heavy atom. The molecule has 0 aromatic heterocycles. The summed E-state index contributed by atoms with van der Waals surface area (Å²) < 4.78 is 10.9. The molecule has 0 saturated heterocycles. The minimum absolute atomic E-state index is 0.165. The summed E-state index contributed by atoms with van der Waals surface area (Å²) >= 11 is 0. The van der Waals surface area contributed by atoms with E-state index < -0.39 is 0 Å². The van der Waals surface area contributed by atoms with E-state index in [4.69, 9.17) is 9.47 Å². The van der Waals surface area contributed by atoms with E-state index in [0.29, 0.717) is 18.5 Å². The minimum atomic E-state index is 0.165. The Morgan fingerprint density at radius 2 is 2.05 bits per heavy atom. The van der Waals surface area contributed by atoms with E-state index in [1.807, 2.05) is 24.3 Å². The summed E-state index contributed by atoms with van der Waals surface area (Å²) in [5.74, 6) is 0.661. The van der Waals surface area contributed by atoms with Gasteiger partial charge in [-0.2, -0.15) is 0 Å². The first kappa shape index (κ1) is 13.9. The molecule has 1 saturated carbocycles. The van der Waals surface area contributed by atoms with E-state index in [1.165, 1.54) is 32.1 Å². The number of methoxy groups -OCH3 is 1. The van der Waals surface area contributed by atoms with E-state index in [2.05, 4.69) is 0 Å². The number of hydrogen-bond donors (Lipinski definition) is 1. The first-order chi connectivity index (χ1) is 9.29. The summed E-state index contributed by atoms with van der Waals surface area (Å²) in [7, 11) is 1.55. The Labute approximate surface area is 114 Å². The molecule has 1 aliphatic rings. The van der Waals surface area contributed by atoms with Gasteiger partial charge in [-0.05, 0) is 30.5 Å². The average molecular weight is 262 g/mol. The normalized spacial score (nSPS) is 16.9. The lowest BCUT2D eigenvalue weighted by atomic mass is 9.98. The smallest absolute Gasteiger partial charge is 0.161 e. The fourth-order valence-corrected chi connectivity index (χ4v) is 2.41. The molecule has 0 atom stereocenters. The molecule has 1 aromatic rings. The second kappa shape index (κ2) is 7.19. The van der Waals surface area contributed by atoms with Gasteiger partial charge in [-0.25, -0.2) is 0 Å². The van der Waals surface area contributed by atoms with Gasteiger partial charge < -0.3 is 14.6 Å². The van der Waals surface area contributed by atoms with Crippen molar-refractivity contribution in [1.82, 2.24) is 0 Å². The van der Waals surface area contributed by atoms with E-state index in [1.54, 1.807) is 13.2 Å². The van der Waals surface area contributed by atoms with Gasteiger partial charge in [0.05, 0.1) is 19.8 Å². The highest BCUT2D eigenvalue weighted by Crippen LogP contribution is 2.26. The molecule has 3 nitrogen and oxygen atoms in total. The number of hydrogen-bond acceptors (Lipinski definition) is 3. The number of benzene rings is 1. The minimum Gasteiger partial charge on any atom is -0.504 e. The maximum atomic E-state index is 9.50. The van der Waals surface area contributed by atoms with Crippen molar-refractivity contribution in [1.29, 1.82) is 0 Å². The van der Waals surface area contributed by atoms with Crippen molar-refractivity contribution in [2.24, 2.45) is 0 Å². The van der Waals surface area contributed by atoms with E-state index in [0.717, 1.165) is 5.56 Å². The molecule has 1 N–H and O–H groups in total. The van der Waals surface area contributed by atoms with Crippen LogP contribution in [0.5, 0.6) is 11.5 Å². The molecule has 0 radical (unpaired) electrons. The summed E-state index contributed by atoms with van der Waals surface area (Å²) in [6.07, 6.45) is 10.8. The molecule has 0 amide bonds. The predicted octanol–water partition coefficient (Wildman–Crippen LogP) is 3.76. The molecule has 2 rings (SSSR count). The van der Waals surface area contributed by atoms with Crippen LogP contribution in [0, 0.1) is 0 Å². The zero-order chi connectivity index (χ0) is 13.5. The maximum Gasteiger partial charge on any atom is 0.161 e. The quantitative estimate of drug-likeness (QED) is 0.878. The Kier molecular flexibility index (Phi) is 5.28. The van der Waals surface area contributed by atoms with Gasteiger partial charge in [0, 0.05) is 0 Å². The summed E-state index contributed by atoms with van der Waals surface area (Å²) in [5.41, 5.74) is 1.00. The fraction of sp³-hybridized carbons (Fsp3) is 0.500. The van der Waals surface area contributed by atoms with Gasteiger partial charge in [0.2, 0.25) is 0 Å². The molecule has 0 heterocycles. The standard InChI is InChI=1S/C16H22O3/c1-18-16-12-13(9-10-15(16)17)6-5-11-19-14-7-3-2-4-8-14/h5-6,9-10,12,14,17H,2-4,7-8,11H2,1H3/b6-5+. The number of phenols is 1. The number of ether oxygens (including phenoxy) is 2. The molecule has 19 heavy (non-hydrogen) atoms. The van der Waals surface area contributed by atoms with Crippen LogP contribution in [0.3, 0.4) is 0 Å². The van der Waals surface area contributed by atoms with Crippen molar-refractivity contribution in [3.63, 3.8) is 0 Å². The lowest BCUT2D eigenvalue weighted by Gasteiger charge is -2.21. The summed E-state index contributed by atoms with van der Waals surface area (Å²) in [6.45, 7) is 0.647. The SMILES string of the molecule is COc1cc(/C=C/COC2CCCCC2)ccc1O. The first-order valence-corrected chi connectivity index (χ1v) is 6.95. The highest BCUT2D eigenvalue weighted by molar-refractivity contribution is 5.55. The lowest BCUT2D eigenvalue weighted by molar-refractivity contribution is 0.0468. The highest BCUT2D eigenvalue weighted by atomic mass is 16.5. The highest BCUT2D eigenvalue weighted by Gasteiger charge is 2.12. The molecule has 3 heteroatoms. The third kappa shape index (κ3) is 4.28. The largest absolute Gasteiger partial charge is 0.504 e. The van der Waals surface area contributed by atoms with Gasteiger partial charge in [-0.3, -0.25) is 0 Å². The van der Waals surface area contributed by atoms with Crippen molar-refractivity contribution in [3.05, 3.63) is 29.8 Å². The van der Waals surface area contributed by atoms with Gasteiger partial charge in [0.15, 0.2) is 11.5 Å². The summed E-state index contributed by atoms with van der Waals surface area (Å²) in [4.78, 5) is 0. The van der Waals surface area contributed by atoms with Crippen molar-refractivity contribution in [2.45, 2.75) is 38.2 Å². The Bertz CT molecular complexity index is 420. The van der Waals surface area contributed by atoms with Crippen LogP contribution in [0.2, 0.25) is 0 Å². The molecule has 0 bridgehead atoms. The first-order valence-electron chi connectivity index (χ1n) is 6.95. The van der Waals surface area contributed by atoms with Crippen molar-refractivity contribution in [2.75, 3.05) is 13.7 Å².